The number of carbonyl (C=O) groups excluding carboxylic acids is 1. The minimum Gasteiger partial charge on any atom is -0.497 e. The number of benzene rings is 1. The largest absolute Gasteiger partial charge is 0.497 e. The summed E-state index contributed by atoms with van der Waals surface area (Å²) in [6.45, 7) is 2.03. The van der Waals surface area contributed by atoms with Gasteiger partial charge in [-0.1, -0.05) is 12.1 Å². The first kappa shape index (κ1) is 21.9. The third-order valence-corrected chi connectivity index (χ3v) is 5.49. The summed E-state index contributed by atoms with van der Waals surface area (Å²) in [6.07, 6.45) is 4.07. The van der Waals surface area contributed by atoms with Crippen LogP contribution in [0.2, 0.25) is 0 Å². The molecule has 2 saturated heterocycles. The van der Waals surface area contributed by atoms with E-state index in [4.69, 9.17) is 23.8 Å². The van der Waals surface area contributed by atoms with Crippen molar-refractivity contribution in [2.24, 2.45) is 0 Å². The van der Waals surface area contributed by atoms with Crippen molar-refractivity contribution in [3.63, 3.8) is 0 Å². The van der Waals surface area contributed by atoms with E-state index in [1.54, 1.807) is 13.4 Å². The molecule has 2 aromatic rings. The lowest BCUT2D eigenvalue weighted by Gasteiger charge is -2.35. The highest BCUT2D eigenvalue weighted by Crippen LogP contribution is 2.33. The number of nitrogens with one attached hydrogen (secondary N) is 1. The summed E-state index contributed by atoms with van der Waals surface area (Å²) in [7, 11) is 1.69. The molecule has 0 bridgehead atoms. The maximum absolute atomic E-state index is 12.4. The number of hydrogen-bond donors (Lipinski definition) is 2. The normalized spacial score (nSPS) is 23.0. The molecule has 162 valence electrons. The molecule has 8 nitrogen and oxygen atoms in total. The molecule has 1 amide bonds. The van der Waals surface area contributed by atoms with Gasteiger partial charge in [-0.3, -0.25) is 14.5 Å². The summed E-state index contributed by atoms with van der Waals surface area (Å²) in [5.74, 6) is 1.59. The number of fused-ring (bicyclic) bond motifs is 1. The molecule has 0 aliphatic carbocycles. The van der Waals surface area contributed by atoms with Crippen molar-refractivity contribution >= 4 is 12.4 Å². The number of likely N-dealkylation sites (tertiary alicyclic amines) is 1. The zero-order chi connectivity index (χ0) is 21.3. The fourth-order valence-electron chi connectivity index (χ4n) is 4.11. The standard InChI is InChI=1S/C21H26N2O4.CH2O2/c1-25-16-5-2-4-15(12-16)14-23-10-9-19-18(23)7-8-20(27-19)21(24)22-13-17-6-3-11-26-17;2-1-3/h2-6,11-12,18-20H,7-10,13-14H2,1H3,(H,22,24);1H,(H,2,3)/t18-,19-,20+;/m1./s1. The molecule has 0 saturated carbocycles. The number of rotatable bonds is 6. The van der Waals surface area contributed by atoms with Crippen molar-refractivity contribution < 1.29 is 28.6 Å². The van der Waals surface area contributed by atoms with Crippen LogP contribution in [0, 0.1) is 0 Å². The molecule has 0 unspecified atom stereocenters. The van der Waals surface area contributed by atoms with E-state index in [9.17, 15) is 4.79 Å². The molecule has 1 aromatic carbocycles. The highest BCUT2D eigenvalue weighted by molar-refractivity contribution is 5.80. The van der Waals surface area contributed by atoms with Gasteiger partial charge in [-0.25, -0.2) is 0 Å². The molecule has 3 atom stereocenters. The van der Waals surface area contributed by atoms with Crippen LogP contribution in [0.25, 0.3) is 0 Å². The molecule has 4 rings (SSSR count). The van der Waals surface area contributed by atoms with Crippen LogP contribution in [0.15, 0.2) is 47.1 Å². The van der Waals surface area contributed by atoms with Crippen LogP contribution in [0.3, 0.4) is 0 Å². The molecule has 8 heteroatoms. The minimum absolute atomic E-state index is 0.0453. The fourth-order valence-corrected chi connectivity index (χ4v) is 4.11. The second-order valence-electron chi connectivity index (χ2n) is 7.32. The molecule has 30 heavy (non-hydrogen) atoms. The molecule has 2 aliphatic heterocycles. The minimum atomic E-state index is -0.363. The van der Waals surface area contributed by atoms with Crippen molar-refractivity contribution in [2.75, 3.05) is 13.7 Å². The number of methoxy groups -OCH3 is 1. The average Bonchev–Trinajstić information content (AvgIpc) is 3.42. The van der Waals surface area contributed by atoms with E-state index in [2.05, 4.69) is 22.3 Å². The lowest BCUT2D eigenvalue weighted by molar-refractivity contribution is -0.144. The smallest absolute Gasteiger partial charge is 0.290 e. The van der Waals surface area contributed by atoms with Crippen LogP contribution >= 0.6 is 0 Å². The van der Waals surface area contributed by atoms with Crippen LogP contribution in [-0.2, 0) is 27.4 Å². The number of amides is 1. The molecule has 2 fully saturated rings. The van der Waals surface area contributed by atoms with Crippen LogP contribution in [-0.4, -0.2) is 54.3 Å². The molecule has 2 aliphatic rings. The first-order valence-corrected chi connectivity index (χ1v) is 10.0. The van der Waals surface area contributed by atoms with Gasteiger partial charge in [0.2, 0.25) is 5.91 Å². The third-order valence-electron chi connectivity index (χ3n) is 5.49. The Kier molecular flexibility index (Phi) is 7.87. The molecular weight excluding hydrogens is 388 g/mol. The van der Waals surface area contributed by atoms with Crippen LogP contribution in [0.1, 0.15) is 30.6 Å². The van der Waals surface area contributed by atoms with Crippen molar-refractivity contribution in [3.05, 3.63) is 54.0 Å². The van der Waals surface area contributed by atoms with Crippen molar-refractivity contribution in [3.8, 4) is 5.75 Å². The van der Waals surface area contributed by atoms with E-state index in [-0.39, 0.29) is 24.6 Å². The molecule has 1 aromatic heterocycles. The van der Waals surface area contributed by atoms with E-state index < -0.39 is 0 Å². The summed E-state index contributed by atoms with van der Waals surface area (Å²) >= 11 is 0. The fraction of sp³-hybridized carbons (Fsp3) is 0.455. The topological polar surface area (TPSA) is 101 Å². The molecule has 0 spiro atoms. The Morgan fingerprint density at radius 3 is 2.87 bits per heavy atom. The van der Waals surface area contributed by atoms with Gasteiger partial charge < -0.3 is 24.3 Å². The zero-order valence-electron chi connectivity index (χ0n) is 17.0. The number of hydrogen-bond acceptors (Lipinski definition) is 6. The van der Waals surface area contributed by atoms with Gasteiger partial charge in [0, 0.05) is 19.1 Å². The molecule has 0 radical (unpaired) electrons. The number of carboxylic acid groups (broad SMARTS) is 1. The van der Waals surface area contributed by atoms with E-state index in [1.165, 1.54) is 5.56 Å². The van der Waals surface area contributed by atoms with Gasteiger partial charge in [0.15, 0.2) is 0 Å². The Balaban J connectivity index is 0.000000806. The first-order chi connectivity index (χ1) is 14.6. The van der Waals surface area contributed by atoms with E-state index in [0.29, 0.717) is 12.6 Å². The Morgan fingerprint density at radius 1 is 1.30 bits per heavy atom. The molecule has 3 heterocycles. The van der Waals surface area contributed by atoms with Crippen LogP contribution < -0.4 is 10.1 Å². The SMILES string of the molecule is COc1cccc(CN2CC[C@H]3O[C@H](C(=O)NCc4ccco4)CC[C@H]32)c1.O=CO. The zero-order valence-corrected chi connectivity index (χ0v) is 17.0. The van der Waals surface area contributed by atoms with Crippen molar-refractivity contribution in [1.29, 1.82) is 0 Å². The lowest BCUT2D eigenvalue weighted by Crippen LogP contribution is -2.47. The van der Waals surface area contributed by atoms with Gasteiger partial charge in [0.1, 0.15) is 17.6 Å². The van der Waals surface area contributed by atoms with Crippen LogP contribution in [0.5, 0.6) is 5.75 Å². The number of carbonyl (C=O) groups is 2. The summed E-state index contributed by atoms with van der Waals surface area (Å²) < 4.78 is 16.7. The van der Waals surface area contributed by atoms with Gasteiger partial charge in [-0.15, -0.1) is 0 Å². The van der Waals surface area contributed by atoms with E-state index in [0.717, 1.165) is 43.9 Å². The Labute approximate surface area is 175 Å². The van der Waals surface area contributed by atoms with Crippen LogP contribution in [0.4, 0.5) is 0 Å². The first-order valence-electron chi connectivity index (χ1n) is 10.0. The van der Waals surface area contributed by atoms with E-state index >= 15 is 0 Å². The van der Waals surface area contributed by atoms with E-state index in [1.807, 2.05) is 24.3 Å². The number of ether oxygens (including phenoxy) is 2. The Morgan fingerprint density at radius 2 is 2.13 bits per heavy atom. The average molecular weight is 416 g/mol. The van der Waals surface area contributed by atoms with Gasteiger partial charge in [-0.05, 0) is 49.1 Å². The summed E-state index contributed by atoms with van der Waals surface area (Å²) in [4.78, 5) is 23.2. The monoisotopic (exact) mass is 416 g/mol. The highest BCUT2D eigenvalue weighted by Gasteiger charge is 2.41. The van der Waals surface area contributed by atoms with Gasteiger partial charge in [0.05, 0.1) is 26.0 Å². The lowest BCUT2D eigenvalue weighted by atomic mass is 9.98. The third kappa shape index (κ3) is 5.61. The second-order valence-corrected chi connectivity index (χ2v) is 7.32. The predicted octanol–water partition coefficient (Wildman–Crippen LogP) is 2.43. The maximum Gasteiger partial charge on any atom is 0.290 e. The molecular formula is C22H28N2O6. The summed E-state index contributed by atoms with van der Waals surface area (Å²) in [6, 6.07) is 12.3. The number of furan rings is 1. The molecule has 2 N–H and O–H groups in total. The Hall–Kier alpha value is -2.84. The second kappa shape index (κ2) is 10.8. The van der Waals surface area contributed by atoms with Gasteiger partial charge >= 0.3 is 0 Å². The van der Waals surface area contributed by atoms with Gasteiger partial charge in [-0.2, -0.15) is 0 Å². The summed E-state index contributed by atoms with van der Waals surface area (Å²) in [5.41, 5.74) is 1.24. The Bertz CT molecular complexity index is 810. The maximum atomic E-state index is 12.4. The summed E-state index contributed by atoms with van der Waals surface area (Å²) in [5, 5.41) is 9.80. The predicted molar refractivity (Wildman–Crippen MR) is 109 cm³/mol. The highest BCUT2D eigenvalue weighted by atomic mass is 16.5. The van der Waals surface area contributed by atoms with Crippen molar-refractivity contribution in [1.82, 2.24) is 10.2 Å². The van der Waals surface area contributed by atoms with Crippen molar-refractivity contribution in [2.45, 2.75) is 50.6 Å². The number of nitrogens with zero attached hydrogens (tertiary/aromatic N) is 1. The van der Waals surface area contributed by atoms with Gasteiger partial charge in [0.25, 0.3) is 6.47 Å². The quantitative estimate of drug-likeness (QED) is 0.698.